The zero-order chi connectivity index (χ0) is 12.1. The zero-order valence-corrected chi connectivity index (χ0v) is 10.4. The van der Waals surface area contributed by atoms with Gasteiger partial charge in [-0.05, 0) is 25.1 Å². The van der Waals surface area contributed by atoms with Gasteiger partial charge in [-0.1, -0.05) is 6.07 Å². The summed E-state index contributed by atoms with van der Waals surface area (Å²) in [4.78, 5) is 8.93. The van der Waals surface area contributed by atoms with E-state index < -0.39 is 0 Å². The second-order valence-corrected chi connectivity index (χ2v) is 4.74. The van der Waals surface area contributed by atoms with Crippen molar-refractivity contribution in [3.63, 3.8) is 0 Å². The second kappa shape index (κ2) is 6.10. The van der Waals surface area contributed by atoms with Gasteiger partial charge in [0, 0.05) is 51.2 Å². The van der Waals surface area contributed by atoms with Crippen LogP contribution in [0, 0.1) is 0 Å². The molecule has 94 valence electrons. The van der Waals surface area contributed by atoms with Crippen molar-refractivity contribution in [3.8, 4) is 0 Å². The average molecular weight is 235 g/mol. The van der Waals surface area contributed by atoms with E-state index in [1.54, 1.807) is 0 Å². The molecular formula is C13H21N3O. The first-order valence-corrected chi connectivity index (χ1v) is 6.22. The Hall–Kier alpha value is -0.970. The predicted octanol–water partition coefficient (Wildman–Crippen LogP) is 0.580. The molecule has 1 saturated heterocycles. The Morgan fingerprint density at radius 2 is 2.35 bits per heavy atom. The third-order valence-electron chi connectivity index (χ3n) is 3.45. The van der Waals surface area contributed by atoms with Crippen molar-refractivity contribution in [2.24, 2.45) is 0 Å². The monoisotopic (exact) mass is 235 g/mol. The molecule has 2 rings (SSSR count). The molecule has 0 aromatic carbocycles. The molecule has 1 aromatic rings. The van der Waals surface area contributed by atoms with Crippen LogP contribution < -0.4 is 0 Å². The van der Waals surface area contributed by atoms with Gasteiger partial charge in [-0.2, -0.15) is 0 Å². The van der Waals surface area contributed by atoms with Crippen molar-refractivity contribution in [2.45, 2.75) is 19.0 Å². The van der Waals surface area contributed by atoms with Gasteiger partial charge in [-0.15, -0.1) is 0 Å². The first-order chi connectivity index (χ1) is 8.29. The normalized spacial score (nSPS) is 22.8. The minimum Gasteiger partial charge on any atom is -0.396 e. The van der Waals surface area contributed by atoms with Crippen molar-refractivity contribution in [3.05, 3.63) is 30.1 Å². The Bertz CT molecular complexity index is 331. The average Bonchev–Trinajstić information content (AvgIpc) is 2.35. The van der Waals surface area contributed by atoms with Crippen LogP contribution in [-0.4, -0.2) is 59.2 Å². The van der Waals surface area contributed by atoms with Gasteiger partial charge >= 0.3 is 0 Å². The third kappa shape index (κ3) is 3.49. The van der Waals surface area contributed by atoms with Gasteiger partial charge in [0.15, 0.2) is 0 Å². The summed E-state index contributed by atoms with van der Waals surface area (Å²) >= 11 is 0. The minimum absolute atomic E-state index is 0.274. The molecule has 0 aliphatic carbocycles. The molecular weight excluding hydrogens is 214 g/mol. The molecule has 2 heterocycles. The Morgan fingerprint density at radius 3 is 3.06 bits per heavy atom. The lowest BCUT2D eigenvalue weighted by Crippen LogP contribution is -2.51. The Kier molecular flexibility index (Phi) is 4.48. The highest BCUT2D eigenvalue weighted by Gasteiger charge is 2.23. The fraction of sp³-hybridized carbons (Fsp3) is 0.615. The maximum Gasteiger partial charge on any atom is 0.0446 e. The highest BCUT2D eigenvalue weighted by molar-refractivity contribution is 5.08. The number of aliphatic hydroxyl groups excluding tert-OH is 1. The number of piperazine rings is 1. The molecule has 1 aliphatic rings. The number of pyridine rings is 1. The summed E-state index contributed by atoms with van der Waals surface area (Å²) in [6, 6.07) is 4.58. The molecule has 17 heavy (non-hydrogen) atoms. The molecule has 1 aliphatic heterocycles. The maximum atomic E-state index is 9.06. The summed E-state index contributed by atoms with van der Waals surface area (Å²) < 4.78 is 0. The SMILES string of the molecule is CN1CCN(Cc2cccnc2)CC1CCO. The van der Waals surface area contributed by atoms with Gasteiger partial charge in [0.2, 0.25) is 0 Å². The lowest BCUT2D eigenvalue weighted by molar-refractivity contribution is 0.0742. The Labute approximate surface area is 103 Å². The van der Waals surface area contributed by atoms with E-state index >= 15 is 0 Å². The van der Waals surface area contributed by atoms with E-state index in [9.17, 15) is 0 Å². The molecule has 1 N–H and O–H groups in total. The molecule has 4 heteroatoms. The molecule has 0 radical (unpaired) electrons. The van der Waals surface area contributed by atoms with Crippen LogP contribution in [-0.2, 0) is 6.54 Å². The van der Waals surface area contributed by atoms with Crippen LogP contribution in [0.15, 0.2) is 24.5 Å². The number of aliphatic hydroxyl groups is 1. The number of likely N-dealkylation sites (N-methyl/N-ethyl adjacent to an activating group) is 1. The number of hydrogen-bond acceptors (Lipinski definition) is 4. The zero-order valence-electron chi connectivity index (χ0n) is 10.4. The highest BCUT2D eigenvalue weighted by Crippen LogP contribution is 2.13. The van der Waals surface area contributed by atoms with E-state index in [0.29, 0.717) is 6.04 Å². The van der Waals surface area contributed by atoms with Gasteiger partial charge in [0.25, 0.3) is 0 Å². The van der Waals surface area contributed by atoms with Crippen molar-refractivity contribution in [2.75, 3.05) is 33.3 Å². The highest BCUT2D eigenvalue weighted by atomic mass is 16.3. The van der Waals surface area contributed by atoms with Gasteiger partial charge in [0.1, 0.15) is 0 Å². The molecule has 1 aromatic heterocycles. The standard InChI is InChI=1S/C13H21N3O/c1-15-6-7-16(11-13(15)4-8-17)10-12-3-2-5-14-9-12/h2-3,5,9,13,17H,4,6-8,10-11H2,1H3. The molecule has 1 fully saturated rings. The topological polar surface area (TPSA) is 39.6 Å². The van der Waals surface area contributed by atoms with Gasteiger partial charge < -0.3 is 10.0 Å². The number of rotatable bonds is 4. The Morgan fingerprint density at radius 1 is 1.47 bits per heavy atom. The van der Waals surface area contributed by atoms with Crippen molar-refractivity contribution in [1.29, 1.82) is 0 Å². The third-order valence-corrected chi connectivity index (χ3v) is 3.45. The first kappa shape index (κ1) is 12.5. The van der Waals surface area contributed by atoms with E-state index in [2.05, 4.69) is 27.9 Å². The molecule has 0 amide bonds. The summed E-state index contributed by atoms with van der Waals surface area (Å²) in [5, 5.41) is 9.06. The summed E-state index contributed by atoms with van der Waals surface area (Å²) in [5.74, 6) is 0. The molecule has 4 nitrogen and oxygen atoms in total. The molecule has 1 atom stereocenters. The van der Waals surface area contributed by atoms with Crippen LogP contribution in [0.25, 0.3) is 0 Å². The second-order valence-electron chi connectivity index (χ2n) is 4.74. The van der Waals surface area contributed by atoms with Gasteiger partial charge in [-0.3, -0.25) is 9.88 Å². The van der Waals surface area contributed by atoms with Crippen LogP contribution in [0.3, 0.4) is 0 Å². The minimum atomic E-state index is 0.274. The van der Waals surface area contributed by atoms with Crippen LogP contribution >= 0.6 is 0 Å². The maximum absolute atomic E-state index is 9.06. The molecule has 0 spiro atoms. The van der Waals surface area contributed by atoms with E-state index in [-0.39, 0.29) is 6.61 Å². The summed E-state index contributed by atoms with van der Waals surface area (Å²) in [6.07, 6.45) is 4.60. The van der Waals surface area contributed by atoms with Crippen molar-refractivity contribution in [1.82, 2.24) is 14.8 Å². The molecule has 0 saturated carbocycles. The van der Waals surface area contributed by atoms with Crippen LogP contribution in [0.4, 0.5) is 0 Å². The fourth-order valence-electron chi connectivity index (χ4n) is 2.36. The van der Waals surface area contributed by atoms with E-state index in [1.165, 1.54) is 5.56 Å². The molecule has 0 bridgehead atoms. The van der Waals surface area contributed by atoms with Crippen molar-refractivity contribution < 1.29 is 5.11 Å². The summed E-state index contributed by atoms with van der Waals surface area (Å²) in [7, 11) is 2.14. The lowest BCUT2D eigenvalue weighted by Gasteiger charge is -2.39. The Balaban J connectivity index is 1.90. The van der Waals surface area contributed by atoms with Crippen LogP contribution in [0.5, 0.6) is 0 Å². The van der Waals surface area contributed by atoms with Crippen molar-refractivity contribution >= 4 is 0 Å². The largest absolute Gasteiger partial charge is 0.396 e. The number of nitrogens with zero attached hydrogens (tertiary/aromatic N) is 3. The summed E-state index contributed by atoms with van der Waals surface area (Å²) in [5.41, 5.74) is 1.26. The van der Waals surface area contributed by atoms with Gasteiger partial charge in [-0.25, -0.2) is 0 Å². The predicted molar refractivity (Wildman–Crippen MR) is 67.6 cm³/mol. The van der Waals surface area contributed by atoms with E-state index in [1.807, 2.05) is 18.5 Å². The fourth-order valence-corrected chi connectivity index (χ4v) is 2.36. The summed E-state index contributed by atoms with van der Waals surface area (Å²) in [6.45, 7) is 4.43. The quantitative estimate of drug-likeness (QED) is 0.828. The van der Waals surface area contributed by atoms with Crippen LogP contribution in [0.1, 0.15) is 12.0 Å². The lowest BCUT2D eigenvalue weighted by atomic mass is 10.1. The van der Waals surface area contributed by atoms with Crippen LogP contribution in [0.2, 0.25) is 0 Å². The number of hydrogen-bond donors (Lipinski definition) is 1. The first-order valence-electron chi connectivity index (χ1n) is 6.22. The smallest absolute Gasteiger partial charge is 0.0446 e. The van der Waals surface area contributed by atoms with Gasteiger partial charge in [0.05, 0.1) is 0 Å². The molecule has 1 unspecified atom stereocenters. The van der Waals surface area contributed by atoms with E-state index in [0.717, 1.165) is 32.6 Å². The number of aromatic nitrogens is 1. The van der Waals surface area contributed by atoms with E-state index in [4.69, 9.17) is 5.11 Å².